The van der Waals surface area contributed by atoms with Crippen LogP contribution in [0.3, 0.4) is 0 Å². The molecule has 86 valence electrons. The number of hydrogen-bond donors (Lipinski definition) is 0. The first-order valence-electron chi connectivity index (χ1n) is 5.15. The zero-order valence-electron chi connectivity index (χ0n) is 9.44. The lowest BCUT2D eigenvalue weighted by Gasteiger charge is -2.06. The normalized spacial score (nSPS) is 10.5. The van der Waals surface area contributed by atoms with Gasteiger partial charge in [-0.3, -0.25) is 0 Å². The van der Waals surface area contributed by atoms with Gasteiger partial charge >= 0.3 is 0 Å². The zero-order chi connectivity index (χ0) is 12.4. The van der Waals surface area contributed by atoms with Gasteiger partial charge in [0.05, 0.1) is 10.6 Å². The zero-order valence-corrected chi connectivity index (χ0v) is 11.8. The highest BCUT2D eigenvalue weighted by atomic mass is 79.9. The van der Waals surface area contributed by atoms with E-state index in [1.807, 2.05) is 18.2 Å². The summed E-state index contributed by atoms with van der Waals surface area (Å²) in [6.07, 6.45) is 0. The number of rotatable bonds is 2. The minimum absolute atomic E-state index is 0.279. The predicted octanol–water partition coefficient (Wildman–Crippen LogP) is 3.96. The molecule has 3 nitrogen and oxygen atoms in total. The van der Waals surface area contributed by atoms with Crippen LogP contribution in [0.25, 0.3) is 10.6 Å². The van der Waals surface area contributed by atoms with Crippen LogP contribution in [0.15, 0.2) is 22.8 Å². The van der Waals surface area contributed by atoms with Crippen LogP contribution >= 0.6 is 27.3 Å². The van der Waals surface area contributed by atoms with Crippen molar-refractivity contribution in [3.8, 4) is 16.6 Å². The van der Waals surface area contributed by atoms with Crippen LogP contribution in [-0.4, -0.2) is 9.97 Å². The van der Waals surface area contributed by atoms with Crippen molar-refractivity contribution in [2.45, 2.75) is 19.8 Å². The van der Waals surface area contributed by atoms with Crippen LogP contribution in [0.2, 0.25) is 0 Å². The quantitative estimate of drug-likeness (QED) is 0.789. The molecule has 0 amide bonds. The summed E-state index contributed by atoms with van der Waals surface area (Å²) in [5, 5.41) is 8.81. The van der Waals surface area contributed by atoms with Gasteiger partial charge in [-0.2, -0.15) is 5.26 Å². The van der Waals surface area contributed by atoms with Crippen molar-refractivity contribution in [2.24, 2.45) is 0 Å². The summed E-state index contributed by atoms with van der Waals surface area (Å²) in [6.45, 7) is 4.11. The summed E-state index contributed by atoms with van der Waals surface area (Å²) >= 11 is 4.83. The Kier molecular flexibility index (Phi) is 3.55. The lowest BCUT2D eigenvalue weighted by atomic mass is 10.2. The van der Waals surface area contributed by atoms with Crippen molar-refractivity contribution in [3.63, 3.8) is 0 Å². The Morgan fingerprint density at radius 2 is 2.12 bits per heavy atom. The van der Waals surface area contributed by atoms with E-state index in [1.165, 1.54) is 11.3 Å². The average molecular weight is 308 g/mol. The van der Waals surface area contributed by atoms with E-state index in [9.17, 15) is 0 Å². The minimum atomic E-state index is 0.279. The molecule has 0 bridgehead atoms. The van der Waals surface area contributed by atoms with Gasteiger partial charge in [-0.25, -0.2) is 9.97 Å². The molecule has 17 heavy (non-hydrogen) atoms. The Hall–Kier alpha value is -1.25. The predicted molar refractivity (Wildman–Crippen MR) is 71.8 cm³/mol. The maximum Gasteiger partial charge on any atom is 0.132 e. The SMILES string of the molecule is CC(C)c1nc(Br)cc(-c2ccc(C#N)s2)n1. The molecular weight excluding hydrogens is 298 g/mol. The van der Waals surface area contributed by atoms with Crippen molar-refractivity contribution in [3.05, 3.63) is 33.5 Å². The second kappa shape index (κ2) is 4.94. The Morgan fingerprint density at radius 1 is 1.35 bits per heavy atom. The van der Waals surface area contributed by atoms with Crippen LogP contribution in [-0.2, 0) is 0 Å². The highest BCUT2D eigenvalue weighted by Crippen LogP contribution is 2.28. The van der Waals surface area contributed by atoms with Crippen LogP contribution in [0.1, 0.15) is 30.5 Å². The Balaban J connectivity index is 2.48. The monoisotopic (exact) mass is 307 g/mol. The molecule has 2 heterocycles. The van der Waals surface area contributed by atoms with E-state index in [0.29, 0.717) is 4.88 Å². The van der Waals surface area contributed by atoms with E-state index in [1.54, 1.807) is 0 Å². The lowest BCUT2D eigenvalue weighted by Crippen LogP contribution is -1.98. The van der Waals surface area contributed by atoms with Crippen molar-refractivity contribution in [2.75, 3.05) is 0 Å². The maximum absolute atomic E-state index is 8.81. The van der Waals surface area contributed by atoms with Crippen LogP contribution in [0.5, 0.6) is 0 Å². The molecule has 0 aromatic carbocycles. The van der Waals surface area contributed by atoms with Gasteiger partial charge in [0, 0.05) is 5.92 Å². The fraction of sp³-hybridized carbons (Fsp3) is 0.250. The molecule has 2 aromatic rings. The minimum Gasteiger partial charge on any atom is -0.232 e. The number of halogens is 1. The molecule has 2 rings (SSSR count). The topological polar surface area (TPSA) is 49.6 Å². The van der Waals surface area contributed by atoms with Crippen molar-refractivity contribution in [1.82, 2.24) is 9.97 Å². The van der Waals surface area contributed by atoms with Crippen LogP contribution < -0.4 is 0 Å². The van der Waals surface area contributed by atoms with Gasteiger partial charge in [0.25, 0.3) is 0 Å². The van der Waals surface area contributed by atoms with E-state index in [0.717, 1.165) is 21.0 Å². The molecular formula is C12H10BrN3S. The summed E-state index contributed by atoms with van der Waals surface area (Å²) in [5.74, 6) is 1.09. The summed E-state index contributed by atoms with van der Waals surface area (Å²) < 4.78 is 0.776. The van der Waals surface area contributed by atoms with Gasteiger partial charge in [-0.1, -0.05) is 13.8 Å². The fourth-order valence-electron chi connectivity index (χ4n) is 1.36. The van der Waals surface area contributed by atoms with E-state index in [-0.39, 0.29) is 5.92 Å². The second-order valence-electron chi connectivity index (χ2n) is 3.86. The molecule has 0 saturated heterocycles. The van der Waals surface area contributed by atoms with Gasteiger partial charge < -0.3 is 0 Å². The van der Waals surface area contributed by atoms with Gasteiger partial charge in [-0.15, -0.1) is 11.3 Å². The Labute approximate surface area is 112 Å². The van der Waals surface area contributed by atoms with Crippen molar-refractivity contribution >= 4 is 27.3 Å². The highest BCUT2D eigenvalue weighted by molar-refractivity contribution is 9.10. The van der Waals surface area contributed by atoms with Crippen molar-refractivity contribution < 1.29 is 0 Å². The van der Waals surface area contributed by atoms with Gasteiger partial charge in [0.2, 0.25) is 0 Å². The van der Waals surface area contributed by atoms with E-state index in [2.05, 4.69) is 45.8 Å². The van der Waals surface area contributed by atoms with Gasteiger partial charge in [0.15, 0.2) is 0 Å². The molecule has 0 aliphatic carbocycles. The number of nitrogens with zero attached hydrogens (tertiary/aromatic N) is 3. The summed E-state index contributed by atoms with van der Waals surface area (Å²) in [4.78, 5) is 10.5. The molecule has 0 aliphatic rings. The summed E-state index contributed by atoms with van der Waals surface area (Å²) in [7, 11) is 0. The molecule has 0 atom stereocenters. The highest BCUT2D eigenvalue weighted by Gasteiger charge is 2.10. The standard InChI is InChI=1S/C12H10BrN3S/c1-7(2)12-15-9(5-11(13)16-12)10-4-3-8(6-14)17-10/h3-5,7H,1-2H3. The molecule has 5 heteroatoms. The lowest BCUT2D eigenvalue weighted by molar-refractivity contribution is 0.771. The number of thiophene rings is 1. The number of hydrogen-bond acceptors (Lipinski definition) is 4. The van der Waals surface area contributed by atoms with Crippen LogP contribution in [0, 0.1) is 11.3 Å². The third-order valence-corrected chi connectivity index (χ3v) is 3.62. The third kappa shape index (κ3) is 2.71. The first-order chi connectivity index (χ1) is 8.10. The van der Waals surface area contributed by atoms with E-state index >= 15 is 0 Å². The average Bonchev–Trinajstić information content (AvgIpc) is 2.76. The van der Waals surface area contributed by atoms with Gasteiger partial charge in [-0.05, 0) is 34.1 Å². The number of nitriles is 1. The Bertz CT molecular complexity index is 584. The fourth-order valence-corrected chi connectivity index (χ4v) is 2.52. The molecule has 0 aliphatic heterocycles. The maximum atomic E-state index is 8.81. The summed E-state index contributed by atoms with van der Waals surface area (Å²) in [5.41, 5.74) is 0.863. The third-order valence-electron chi connectivity index (χ3n) is 2.20. The molecule has 0 spiro atoms. The molecule has 0 fully saturated rings. The van der Waals surface area contributed by atoms with Crippen molar-refractivity contribution in [1.29, 1.82) is 5.26 Å². The largest absolute Gasteiger partial charge is 0.232 e. The molecule has 0 N–H and O–H groups in total. The van der Waals surface area contributed by atoms with Gasteiger partial charge in [0.1, 0.15) is 21.4 Å². The number of aromatic nitrogens is 2. The molecule has 2 aromatic heterocycles. The molecule has 0 radical (unpaired) electrons. The Morgan fingerprint density at radius 3 is 2.71 bits per heavy atom. The van der Waals surface area contributed by atoms with Crippen LogP contribution in [0.4, 0.5) is 0 Å². The molecule has 0 saturated carbocycles. The first kappa shape index (κ1) is 12.2. The second-order valence-corrected chi connectivity index (χ2v) is 5.76. The van der Waals surface area contributed by atoms with E-state index < -0.39 is 0 Å². The summed E-state index contributed by atoms with van der Waals surface area (Å²) in [6, 6.07) is 7.74. The first-order valence-corrected chi connectivity index (χ1v) is 6.76. The molecule has 0 unspecified atom stereocenters. The smallest absolute Gasteiger partial charge is 0.132 e. The van der Waals surface area contributed by atoms with E-state index in [4.69, 9.17) is 5.26 Å².